The van der Waals surface area contributed by atoms with E-state index in [2.05, 4.69) is 21.7 Å². The van der Waals surface area contributed by atoms with Gasteiger partial charge >= 0.3 is 0 Å². The SMILES string of the molecule is CC(C)C(=O)N1CCC([C@@H]2CN(Cc3ccsc3)C[C@H]2CO)CC1. The zero-order valence-electron chi connectivity index (χ0n) is 14.9. The molecule has 4 nitrogen and oxygen atoms in total. The fraction of sp³-hybridized carbons (Fsp3) is 0.737. The lowest BCUT2D eigenvalue weighted by molar-refractivity contribution is -0.136. The molecule has 2 aliphatic heterocycles. The molecule has 2 aliphatic rings. The molecule has 24 heavy (non-hydrogen) atoms. The zero-order valence-corrected chi connectivity index (χ0v) is 15.7. The van der Waals surface area contributed by atoms with Crippen LogP contribution in [-0.4, -0.2) is 53.6 Å². The first-order valence-corrected chi connectivity index (χ1v) is 10.2. The van der Waals surface area contributed by atoms with Gasteiger partial charge in [-0.1, -0.05) is 13.8 Å². The van der Waals surface area contributed by atoms with Crippen molar-refractivity contribution < 1.29 is 9.90 Å². The smallest absolute Gasteiger partial charge is 0.225 e. The highest BCUT2D eigenvalue weighted by molar-refractivity contribution is 7.07. The van der Waals surface area contributed by atoms with Crippen LogP contribution in [0.2, 0.25) is 0 Å². The van der Waals surface area contributed by atoms with E-state index in [0.717, 1.165) is 45.6 Å². The van der Waals surface area contributed by atoms with E-state index in [1.165, 1.54) is 5.56 Å². The van der Waals surface area contributed by atoms with Crippen molar-refractivity contribution in [3.05, 3.63) is 22.4 Å². The van der Waals surface area contributed by atoms with Gasteiger partial charge in [0.1, 0.15) is 0 Å². The molecule has 1 aromatic rings. The number of aliphatic hydroxyl groups is 1. The number of piperidine rings is 1. The van der Waals surface area contributed by atoms with Gasteiger partial charge in [0.15, 0.2) is 0 Å². The zero-order chi connectivity index (χ0) is 17.1. The van der Waals surface area contributed by atoms with Crippen molar-refractivity contribution in [3.63, 3.8) is 0 Å². The molecule has 5 heteroatoms. The van der Waals surface area contributed by atoms with E-state index in [9.17, 15) is 9.90 Å². The largest absolute Gasteiger partial charge is 0.396 e. The fourth-order valence-corrected chi connectivity index (χ4v) is 5.06. The van der Waals surface area contributed by atoms with Crippen molar-refractivity contribution in [3.8, 4) is 0 Å². The summed E-state index contributed by atoms with van der Waals surface area (Å²) in [4.78, 5) is 16.7. The van der Waals surface area contributed by atoms with Gasteiger partial charge in [-0.3, -0.25) is 9.69 Å². The Bertz CT molecular complexity index is 523. The standard InChI is InChI=1S/C19H30N2O2S/c1-14(2)19(23)21-6-3-16(4-7-21)18-11-20(10-17(18)12-22)9-15-5-8-24-13-15/h5,8,13-14,16-18,22H,3-4,6-7,9-12H2,1-2H3/t17-,18-/m0/s1. The average molecular weight is 351 g/mol. The van der Waals surface area contributed by atoms with Crippen LogP contribution in [0.4, 0.5) is 0 Å². The molecule has 0 saturated carbocycles. The monoisotopic (exact) mass is 350 g/mol. The topological polar surface area (TPSA) is 43.8 Å². The Morgan fingerprint density at radius 2 is 2.08 bits per heavy atom. The lowest BCUT2D eigenvalue weighted by atomic mass is 9.78. The van der Waals surface area contributed by atoms with Gasteiger partial charge in [-0.2, -0.15) is 11.3 Å². The number of likely N-dealkylation sites (tertiary alicyclic amines) is 2. The van der Waals surface area contributed by atoms with Crippen LogP contribution in [0, 0.1) is 23.7 Å². The molecule has 1 aromatic heterocycles. The Morgan fingerprint density at radius 1 is 1.33 bits per heavy atom. The van der Waals surface area contributed by atoms with Crippen LogP contribution < -0.4 is 0 Å². The van der Waals surface area contributed by atoms with E-state index < -0.39 is 0 Å². The first kappa shape index (κ1) is 17.9. The summed E-state index contributed by atoms with van der Waals surface area (Å²) in [7, 11) is 0. The molecule has 2 saturated heterocycles. The van der Waals surface area contributed by atoms with Gasteiger partial charge in [0.2, 0.25) is 5.91 Å². The first-order valence-electron chi connectivity index (χ1n) is 9.21. The molecule has 1 N–H and O–H groups in total. The van der Waals surface area contributed by atoms with E-state index in [-0.39, 0.29) is 18.4 Å². The van der Waals surface area contributed by atoms with Crippen LogP contribution in [0.3, 0.4) is 0 Å². The molecule has 0 aromatic carbocycles. The quantitative estimate of drug-likeness (QED) is 0.888. The highest BCUT2D eigenvalue weighted by Gasteiger charge is 2.39. The van der Waals surface area contributed by atoms with Crippen LogP contribution in [0.1, 0.15) is 32.3 Å². The fourth-order valence-electron chi connectivity index (χ4n) is 4.40. The Balaban J connectivity index is 1.55. The predicted octanol–water partition coefficient (Wildman–Crippen LogP) is 2.68. The maximum absolute atomic E-state index is 12.2. The van der Waals surface area contributed by atoms with Crippen molar-refractivity contribution >= 4 is 17.2 Å². The molecule has 1 amide bonds. The maximum Gasteiger partial charge on any atom is 0.225 e. The summed E-state index contributed by atoms with van der Waals surface area (Å²) in [6.07, 6.45) is 2.18. The molecule has 3 heterocycles. The molecule has 0 radical (unpaired) electrons. The lowest BCUT2D eigenvalue weighted by Crippen LogP contribution is -2.43. The highest BCUT2D eigenvalue weighted by Crippen LogP contribution is 2.36. The van der Waals surface area contributed by atoms with Crippen molar-refractivity contribution in [1.82, 2.24) is 9.80 Å². The number of carbonyl (C=O) groups is 1. The summed E-state index contributed by atoms with van der Waals surface area (Å²) in [5.74, 6) is 1.99. The third-order valence-electron chi connectivity index (χ3n) is 5.74. The maximum atomic E-state index is 12.2. The number of amides is 1. The minimum absolute atomic E-state index is 0.0966. The summed E-state index contributed by atoms with van der Waals surface area (Å²) in [5, 5.41) is 14.2. The first-order chi connectivity index (χ1) is 11.6. The summed E-state index contributed by atoms with van der Waals surface area (Å²) in [6.45, 7) is 9.12. The minimum Gasteiger partial charge on any atom is -0.396 e. The third-order valence-corrected chi connectivity index (χ3v) is 6.47. The Hall–Kier alpha value is -0.910. The number of rotatable bonds is 5. The molecule has 0 unspecified atom stereocenters. The highest BCUT2D eigenvalue weighted by atomic mass is 32.1. The molecule has 0 aliphatic carbocycles. The Labute approximate surface area is 149 Å². The van der Waals surface area contributed by atoms with Crippen molar-refractivity contribution in [1.29, 1.82) is 0 Å². The molecule has 2 atom stereocenters. The lowest BCUT2D eigenvalue weighted by Gasteiger charge is -2.37. The Morgan fingerprint density at radius 3 is 2.67 bits per heavy atom. The van der Waals surface area contributed by atoms with E-state index in [0.29, 0.717) is 17.8 Å². The van der Waals surface area contributed by atoms with Gasteiger partial charge in [-0.05, 0) is 53.0 Å². The van der Waals surface area contributed by atoms with Crippen molar-refractivity contribution in [2.24, 2.45) is 23.7 Å². The number of aliphatic hydroxyl groups excluding tert-OH is 1. The van der Waals surface area contributed by atoms with Gasteiger partial charge in [-0.15, -0.1) is 0 Å². The summed E-state index contributed by atoms with van der Waals surface area (Å²) < 4.78 is 0. The number of hydrogen-bond donors (Lipinski definition) is 1. The molecular weight excluding hydrogens is 320 g/mol. The van der Waals surface area contributed by atoms with Crippen LogP contribution >= 0.6 is 11.3 Å². The second-order valence-corrected chi connectivity index (χ2v) is 8.53. The molecule has 3 rings (SSSR count). The molecule has 0 bridgehead atoms. The average Bonchev–Trinajstić information content (AvgIpc) is 3.24. The van der Waals surface area contributed by atoms with Crippen LogP contribution in [0.15, 0.2) is 16.8 Å². The number of thiophene rings is 1. The van der Waals surface area contributed by atoms with Crippen LogP contribution in [-0.2, 0) is 11.3 Å². The van der Waals surface area contributed by atoms with Gasteiger partial charge in [0.25, 0.3) is 0 Å². The van der Waals surface area contributed by atoms with Crippen LogP contribution in [0.5, 0.6) is 0 Å². The second kappa shape index (κ2) is 7.98. The molecular formula is C19H30N2O2S. The van der Waals surface area contributed by atoms with Gasteiger partial charge in [-0.25, -0.2) is 0 Å². The number of hydrogen-bond acceptors (Lipinski definition) is 4. The van der Waals surface area contributed by atoms with E-state index >= 15 is 0 Å². The van der Waals surface area contributed by atoms with E-state index in [4.69, 9.17) is 0 Å². The molecule has 0 spiro atoms. The second-order valence-electron chi connectivity index (χ2n) is 7.75. The summed E-state index contributed by atoms with van der Waals surface area (Å²) in [5.41, 5.74) is 1.38. The normalized spacial score (nSPS) is 26.4. The van der Waals surface area contributed by atoms with E-state index in [1.807, 2.05) is 18.7 Å². The van der Waals surface area contributed by atoms with Crippen LogP contribution in [0.25, 0.3) is 0 Å². The third kappa shape index (κ3) is 4.01. The summed E-state index contributed by atoms with van der Waals surface area (Å²) >= 11 is 1.75. The van der Waals surface area contributed by atoms with Crippen molar-refractivity contribution in [2.75, 3.05) is 32.8 Å². The number of nitrogens with zero attached hydrogens (tertiary/aromatic N) is 2. The van der Waals surface area contributed by atoms with Gasteiger partial charge in [0.05, 0.1) is 0 Å². The molecule has 2 fully saturated rings. The minimum atomic E-state index is 0.0966. The Kier molecular flexibility index (Phi) is 5.95. The summed E-state index contributed by atoms with van der Waals surface area (Å²) in [6, 6.07) is 2.20. The number of carbonyl (C=O) groups excluding carboxylic acids is 1. The van der Waals surface area contributed by atoms with Gasteiger partial charge < -0.3 is 10.0 Å². The van der Waals surface area contributed by atoms with Crippen molar-refractivity contribution in [2.45, 2.75) is 33.2 Å². The van der Waals surface area contributed by atoms with E-state index in [1.54, 1.807) is 11.3 Å². The predicted molar refractivity (Wildman–Crippen MR) is 97.8 cm³/mol. The van der Waals surface area contributed by atoms with Gasteiger partial charge in [0, 0.05) is 45.2 Å². The molecule has 134 valence electrons.